The van der Waals surface area contributed by atoms with E-state index in [-0.39, 0.29) is 11.6 Å². The maximum atomic E-state index is 15.3. The number of hydrogen-bond donors (Lipinski definition) is 2. The average molecular weight is 596 g/mol. The van der Waals surface area contributed by atoms with E-state index in [4.69, 9.17) is 19.7 Å². The number of halogens is 1. The first kappa shape index (κ1) is 28.7. The number of nitrogens with zero attached hydrogens (tertiary/aromatic N) is 7. The van der Waals surface area contributed by atoms with Gasteiger partial charge in [0.25, 0.3) is 5.91 Å². The molecule has 224 valence electrons. The molecule has 12 nitrogen and oxygen atoms in total. The van der Waals surface area contributed by atoms with Crippen LogP contribution in [-0.2, 0) is 11.8 Å². The minimum Gasteiger partial charge on any atom is -0.378 e. The van der Waals surface area contributed by atoms with Crippen LogP contribution in [0.25, 0.3) is 33.5 Å². The molecule has 5 aromatic rings. The standard InChI is InChI=1S/C31H30FN9O3/c1-39(2)30(42)19-4-7-23(8-5-19)35-31(43)37-25-9-6-20(14-24(25)32)28-36-26-15-21(22-17-34-40(3)18-22)16-33-27(26)29(38-28)41-10-12-44-13-11-41/h4-9,14-18H,10-13H2,1-3H3,(H2,35,37,43). The topological polar surface area (TPSA) is 130 Å². The Labute approximate surface area is 252 Å². The quantitative estimate of drug-likeness (QED) is 0.295. The summed E-state index contributed by atoms with van der Waals surface area (Å²) < 4.78 is 22.6. The third kappa shape index (κ3) is 6.03. The number of amides is 3. The predicted octanol–water partition coefficient (Wildman–Crippen LogP) is 4.41. The Morgan fingerprint density at radius 3 is 2.39 bits per heavy atom. The van der Waals surface area contributed by atoms with Gasteiger partial charge >= 0.3 is 6.03 Å². The summed E-state index contributed by atoms with van der Waals surface area (Å²) in [4.78, 5) is 42.5. The third-order valence-corrected chi connectivity index (χ3v) is 7.14. The molecule has 1 saturated heterocycles. The monoisotopic (exact) mass is 595 g/mol. The van der Waals surface area contributed by atoms with E-state index in [9.17, 15) is 9.59 Å². The molecule has 0 spiro atoms. The van der Waals surface area contributed by atoms with E-state index in [1.54, 1.807) is 61.5 Å². The lowest BCUT2D eigenvalue weighted by Gasteiger charge is -2.28. The third-order valence-electron chi connectivity index (χ3n) is 7.14. The second-order valence-electron chi connectivity index (χ2n) is 10.5. The summed E-state index contributed by atoms with van der Waals surface area (Å²) in [5.74, 6) is 0.168. The smallest absolute Gasteiger partial charge is 0.323 e. The molecule has 2 N–H and O–H groups in total. The number of morpholine rings is 1. The first-order valence-electron chi connectivity index (χ1n) is 13.9. The number of nitrogens with one attached hydrogen (secondary N) is 2. The van der Waals surface area contributed by atoms with Crippen molar-refractivity contribution in [1.82, 2.24) is 29.6 Å². The zero-order chi connectivity index (χ0) is 30.8. The predicted molar refractivity (Wildman–Crippen MR) is 165 cm³/mol. The van der Waals surface area contributed by atoms with Crippen LogP contribution in [-0.4, -0.2) is 82.0 Å². The molecule has 3 amide bonds. The van der Waals surface area contributed by atoms with Crippen LogP contribution in [0.15, 0.2) is 67.1 Å². The fraction of sp³-hybridized carbons (Fsp3) is 0.226. The van der Waals surface area contributed by atoms with E-state index in [1.165, 1.54) is 17.0 Å². The summed E-state index contributed by atoms with van der Waals surface area (Å²) >= 11 is 0. The van der Waals surface area contributed by atoms with Crippen molar-refractivity contribution in [3.63, 3.8) is 0 Å². The zero-order valence-electron chi connectivity index (χ0n) is 24.4. The van der Waals surface area contributed by atoms with Crippen molar-refractivity contribution < 1.29 is 18.7 Å². The highest BCUT2D eigenvalue weighted by Gasteiger charge is 2.20. The van der Waals surface area contributed by atoms with Crippen LogP contribution in [0.5, 0.6) is 0 Å². The maximum absolute atomic E-state index is 15.3. The summed E-state index contributed by atoms with van der Waals surface area (Å²) in [6.45, 7) is 2.39. The molecule has 44 heavy (non-hydrogen) atoms. The molecule has 0 aliphatic carbocycles. The van der Waals surface area contributed by atoms with Crippen molar-refractivity contribution in [2.24, 2.45) is 7.05 Å². The molecule has 3 aromatic heterocycles. The number of anilines is 3. The summed E-state index contributed by atoms with van der Waals surface area (Å²) in [6, 6.07) is 12.1. The van der Waals surface area contributed by atoms with Crippen molar-refractivity contribution in [2.45, 2.75) is 0 Å². The minimum absolute atomic E-state index is 0.0135. The summed E-state index contributed by atoms with van der Waals surface area (Å²) in [5.41, 5.74) is 4.36. The SMILES string of the molecule is CN(C)C(=O)c1ccc(NC(=O)Nc2ccc(-c3nc(N4CCOCC4)c4ncc(-c5cnn(C)c5)cc4n3)cc2F)cc1. The lowest BCUT2D eigenvalue weighted by molar-refractivity contribution is 0.0827. The Balaban J connectivity index is 1.26. The number of pyridine rings is 1. The number of carbonyl (C=O) groups excluding carboxylic acids is 2. The van der Waals surface area contributed by atoms with E-state index < -0.39 is 11.8 Å². The van der Waals surface area contributed by atoms with Crippen molar-refractivity contribution in [3.8, 4) is 22.5 Å². The van der Waals surface area contributed by atoms with Crippen LogP contribution >= 0.6 is 0 Å². The van der Waals surface area contributed by atoms with Gasteiger partial charge in [-0.15, -0.1) is 0 Å². The molecule has 6 rings (SSSR count). The first-order valence-corrected chi connectivity index (χ1v) is 13.9. The molecule has 0 radical (unpaired) electrons. The average Bonchev–Trinajstić information content (AvgIpc) is 3.47. The summed E-state index contributed by atoms with van der Waals surface area (Å²) in [6.07, 6.45) is 5.42. The normalized spacial score (nSPS) is 13.1. The molecule has 1 fully saturated rings. The maximum Gasteiger partial charge on any atom is 0.323 e. The van der Waals surface area contributed by atoms with Gasteiger partial charge in [-0.3, -0.25) is 14.5 Å². The van der Waals surface area contributed by atoms with Crippen LogP contribution < -0.4 is 15.5 Å². The molecule has 0 bridgehead atoms. The van der Waals surface area contributed by atoms with E-state index >= 15 is 4.39 Å². The van der Waals surface area contributed by atoms with E-state index in [0.717, 1.165) is 11.1 Å². The highest BCUT2D eigenvalue weighted by atomic mass is 19.1. The Morgan fingerprint density at radius 1 is 0.932 bits per heavy atom. The lowest BCUT2D eigenvalue weighted by Crippen LogP contribution is -2.37. The number of aryl methyl sites for hydroxylation is 1. The van der Waals surface area contributed by atoms with Crippen molar-refractivity contribution >= 4 is 40.2 Å². The molecule has 0 saturated carbocycles. The van der Waals surface area contributed by atoms with Gasteiger partial charge in [0.15, 0.2) is 11.6 Å². The van der Waals surface area contributed by atoms with Gasteiger partial charge in [0.1, 0.15) is 11.3 Å². The molecular formula is C31H30FN9O3. The summed E-state index contributed by atoms with van der Waals surface area (Å²) in [7, 11) is 5.17. The number of urea groups is 1. The van der Waals surface area contributed by atoms with Gasteiger partial charge in [0.2, 0.25) is 0 Å². The molecule has 2 aromatic carbocycles. The molecule has 0 atom stereocenters. The molecule has 1 aliphatic rings. The number of fused-ring (bicyclic) bond motifs is 1. The number of aromatic nitrogens is 5. The zero-order valence-corrected chi connectivity index (χ0v) is 24.4. The van der Waals surface area contributed by atoms with E-state index in [1.807, 2.05) is 19.3 Å². The molecule has 13 heteroatoms. The fourth-order valence-corrected chi connectivity index (χ4v) is 4.85. The number of benzene rings is 2. The van der Waals surface area contributed by atoms with Gasteiger partial charge in [-0.05, 0) is 48.5 Å². The molecule has 4 heterocycles. The van der Waals surface area contributed by atoms with E-state index in [0.29, 0.717) is 65.8 Å². The van der Waals surface area contributed by atoms with Crippen molar-refractivity contribution in [1.29, 1.82) is 0 Å². The Kier molecular flexibility index (Phi) is 7.85. The van der Waals surface area contributed by atoms with Gasteiger partial charge in [0, 0.05) is 74.6 Å². The Bertz CT molecular complexity index is 1850. The number of ether oxygens (including phenoxy) is 1. The van der Waals surface area contributed by atoms with Gasteiger partial charge in [-0.25, -0.2) is 19.2 Å². The van der Waals surface area contributed by atoms with Gasteiger partial charge in [0.05, 0.1) is 30.6 Å². The van der Waals surface area contributed by atoms with Crippen LogP contribution in [0.2, 0.25) is 0 Å². The van der Waals surface area contributed by atoms with Crippen LogP contribution in [0, 0.1) is 5.82 Å². The molecule has 1 aliphatic heterocycles. The van der Waals surface area contributed by atoms with E-state index in [2.05, 4.69) is 20.6 Å². The second-order valence-corrected chi connectivity index (χ2v) is 10.5. The number of rotatable bonds is 6. The minimum atomic E-state index is -0.650. The van der Waals surface area contributed by atoms with Crippen molar-refractivity contribution in [2.75, 3.05) is 55.9 Å². The van der Waals surface area contributed by atoms with Gasteiger partial charge in [-0.2, -0.15) is 5.10 Å². The Hall–Kier alpha value is -5.43. The Morgan fingerprint density at radius 2 is 1.70 bits per heavy atom. The van der Waals surface area contributed by atoms with Crippen LogP contribution in [0.1, 0.15) is 10.4 Å². The highest BCUT2D eigenvalue weighted by Crippen LogP contribution is 2.31. The second kappa shape index (κ2) is 12.1. The van der Waals surface area contributed by atoms with Gasteiger partial charge < -0.3 is 25.2 Å². The fourth-order valence-electron chi connectivity index (χ4n) is 4.85. The molecular weight excluding hydrogens is 565 g/mol. The highest BCUT2D eigenvalue weighted by molar-refractivity contribution is 6.00. The van der Waals surface area contributed by atoms with Crippen LogP contribution in [0.3, 0.4) is 0 Å². The lowest BCUT2D eigenvalue weighted by atomic mass is 10.1. The first-order chi connectivity index (χ1) is 21.2. The van der Waals surface area contributed by atoms with Crippen LogP contribution in [0.4, 0.5) is 26.4 Å². The summed E-state index contributed by atoms with van der Waals surface area (Å²) in [5, 5.41) is 9.43. The van der Waals surface area contributed by atoms with Gasteiger partial charge in [-0.1, -0.05) is 0 Å². The largest absolute Gasteiger partial charge is 0.378 e. The number of hydrogen-bond acceptors (Lipinski definition) is 8. The number of carbonyl (C=O) groups is 2. The molecule has 0 unspecified atom stereocenters. The van der Waals surface area contributed by atoms with Crippen molar-refractivity contribution in [3.05, 3.63) is 78.5 Å².